The van der Waals surface area contributed by atoms with Crippen molar-refractivity contribution in [2.75, 3.05) is 25.9 Å². The van der Waals surface area contributed by atoms with E-state index in [2.05, 4.69) is 28.7 Å². The van der Waals surface area contributed by atoms with Crippen LogP contribution in [-0.2, 0) is 0 Å². The molecule has 0 aromatic rings. The van der Waals surface area contributed by atoms with Crippen LogP contribution in [0.1, 0.15) is 25.7 Å². The van der Waals surface area contributed by atoms with E-state index in [0.717, 1.165) is 6.04 Å². The van der Waals surface area contributed by atoms with Gasteiger partial charge in [-0.25, -0.2) is 0 Å². The summed E-state index contributed by atoms with van der Waals surface area (Å²) in [7, 11) is 0. The Kier molecular flexibility index (Phi) is 3.17. The van der Waals surface area contributed by atoms with Gasteiger partial charge in [0.05, 0.1) is 0 Å². The van der Waals surface area contributed by atoms with Gasteiger partial charge in [-0.2, -0.15) is 11.8 Å². The third-order valence-corrected chi connectivity index (χ3v) is 4.89. The summed E-state index contributed by atoms with van der Waals surface area (Å²) in [6.07, 6.45) is 7.84. The summed E-state index contributed by atoms with van der Waals surface area (Å²) < 4.78 is 0.600. The summed E-state index contributed by atoms with van der Waals surface area (Å²) in [5, 5.41) is 7.09. The average molecular weight is 200 g/mol. The summed E-state index contributed by atoms with van der Waals surface area (Å²) in [5.74, 6) is 0. The van der Waals surface area contributed by atoms with Gasteiger partial charge in [0.2, 0.25) is 0 Å². The van der Waals surface area contributed by atoms with E-state index in [0.29, 0.717) is 4.75 Å². The zero-order valence-electron chi connectivity index (χ0n) is 8.44. The van der Waals surface area contributed by atoms with Crippen molar-refractivity contribution in [3.63, 3.8) is 0 Å². The molecule has 1 atom stereocenters. The van der Waals surface area contributed by atoms with Crippen LogP contribution in [0.5, 0.6) is 0 Å². The molecule has 0 amide bonds. The monoisotopic (exact) mass is 200 g/mol. The van der Waals surface area contributed by atoms with E-state index in [9.17, 15) is 0 Å². The minimum absolute atomic E-state index is 0.600. The molecule has 1 heterocycles. The lowest BCUT2D eigenvalue weighted by Gasteiger charge is -2.41. The third kappa shape index (κ3) is 2.20. The summed E-state index contributed by atoms with van der Waals surface area (Å²) in [5.41, 5.74) is 0. The molecule has 1 saturated carbocycles. The number of hydrogen-bond acceptors (Lipinski definition) is 3. The molecule has 1 saturated heterocycles. The molecular weight excluding hydrogens is 180 g/mol. The maximum absolute atomic E-state index is 3.69. The van der Waals surface area contributed by atoms with E-state index in [1.807, 2.05) is 0 Å². The van der Waals surface area contributed by atoms with Crippen molar-refractivity contribution >= 4 is 11.8 Å². The van der Waals surface area contributed by atoms with Crippen LogP contribution in [0, 0.1) is 0 Å². The third-order valence-electron chi connectivity index (χ3n) is 3.47. The molecule has 0 bridgehead atoms. The number of thioether (sulfide) groups is 1. The fourth-order valence-electron chi connectivity index (χ4n) is 2.18. The lowest BCUT2D eigenvalue weighted by Crippen LogP contribution is -2.47. The van der Waals surface area contributed by atoms with Gasteiger partial charge in [0.25, 0.3) is 0 Å². The highest BCUT2D eigenvalue weighted by Crippen LogP contribution is 2.42. The van der Waals surface area contributed by atoms with Gasteiger partial charge in [-0.1, -0.05) is 6.42 Å². The molecule has 3 heteroatoms. The zero-order chi connectivity index (χ0) is 9.15. The van der Waals surface area contributed by atoms with Crippen molar-refractivity contribution in [3.05, 3.63) is 0 Å². The molecule has 2 rings (SSSR count). The summed E-state index contributed by atoms with van der Waals surface area (Å²) >= 11 is 2.06. The molecule has 13 heavy (non-hydrogen) atoms. The topological polar surface area (TPSA) is 24.1 Å². The van der Waals surface area contributed by atoms with Gasteiger partial charge in [-0.05, 0) is 32.1 Å². The van der Waals surface area contributed by atoms with Crippen LogP contribution in [0.3, 0.4) is 0 Å². The van der Waals surface area contributed by atoms with Gasteiger partial charge in [0, 0.05) is 23.9 Å². The molecule has 0 radical (unpaired) electrons. The van der Waals surface area contributed by atoms with E-state index in [4.69, 9.17) is 0 Å². The Morgan fingerprint density at radius 1 is 1.54 bits per heavy atom. The van der Waals surface area contributed by atoms with E-state index < -0.39 is 0 Å². The van der Waals surface area contributed by atoms with Gasteiger partial charge in [0.15, 0.2) is 0 Å². The standard InChI is InChI=1S/C10H20N2S/c1-13-10(4-2-5-10)8-12-9-3-6-11-7-9/h9,11-12H,2-8H2,1H3. The predicted octanol–water partition coefficient (Wildman–Crippen LogP) is 1.22. The molecule has 0 aromatic carbocycles. The largest absolute Gasteiger partial charge is 0.315 e. The first kappa shape index (κ1) is 9.81. The van der Waals surface area contributed by atoms with Crippen LogP contribution < -0.4 is 10.6 Å². The second-order valence-electron chi connectivity index (χ2n) is 4.31. The summed E-state index contributed by atoms with van der Waals surface area (Å²) in [6, 6.07) is 0.740. The molecule has 1 aliphatic heterocycles. The zero-order valence-corrected chi connectivity index (χ0v) is 9.25. The molecule has 76 valence electrons. The lowest BCUT2D eigenvalue weighted by atomic mass is 9.84. The van der Waals surface area contributed by atoms with E-state index in [1.165, 1.54) is 45.3 Å². The van der Waals surface area contributed by atoms with Crippen molar-refractivity contribution in [1.29, 1.82) is 0 Å². The van der Waals surface area contributed by atoms with Gasteiger partial charge in [-0.15, -0.1) is 0 Å². The first-order chi connectivity index (χ1) is 6.35. The van der Waals surface area contributed by atoms with Crippen LogP contribution in [0.4, 0.5) is 0 Å². The fourth-order valence-corrected chi connectivity index (χ4v) is 3.11. The molecule has 2 N–H and O–H groups in total. The van der Waals surface area contributed by atoms with Gasteiger partial charge >= 0.3 is 0 Å². The minimum Gasteiger partial charge on any atom is -0.315 e. The summed E-state index contributed by atoms with van der Waals surface area (Å²) in [6.45, 7) is 3.59. The Labute approximate surface area is 85.2 Å². The molecule has 0 spiro atoms. The van der Waals surface area contributed by atoms with Crippen LogP contribution in [0.25, 0.3) is 0 Å². The van der Waals surface area contributed by atoms with E-state index in [-0.39, 0.29) is 0 Å². The Balaban J connectivity index is 1.71. The van der Waals surface area contributed by atoms with Gasteiger partial charge in [-0.3, -0.25) is 0 Å². The molecule has 2 nitrogen and oxygen atoms in total. The average Bonchev–Trinajstić information content (AvgIpc) is 2.56. The van der Waals surface area contributed by atoms with Crippen LogP contribution >= 0.6 is 11.8 Å². The van der Waals surface area contributed by atoms with Crippen molar-refractivity contribution in [2.24, 2.45) is 0 Å². The van der Waals surface area contributed by atoms with Crippen molar-refractivity contribution in [1.82, 2.24) is 10.6 Å². The van der Waals surface area contributed by atoms with Crippen molar-refractivity contribution in [3.8, 4) is 0 Å². The first-order valence-corrected chi connectivity index (χ1v) is 6.56. The normalized spacial score (nSPS) is 31.6. The first-order valence-electron chi connectivity index (χ1n) is 5.34. The predicted molar refractivity (Wildman–Crippen MR) is 59.4 cm³/mol. The SMILES string of the molecule is CSC1(CNC2CCNC2)CCC1. The molecule has 2 fully saturated rings. The van der Waals surface area contributed by atoms with Crippen molar-refractivity contribution < 1.29 is 0 Å². The molecule has 2 aliphatic rings. The van der Waals surface area contributed by atoms with E-state index in [1.54, 1.807) is 0 Å². The van der Waals surface area contributed by atoms with Crippen LogP contribution in [-0.4, -0.2) is 36.7 Å². The highest BCUT2D eigenvalue weighted by molar-refractivity contribution is 8.00. The number of nitrogens with one attached hydrogen (secondary N) is 2. The Hall–Kier alpha value is 0.270. The quantitative estimate of drug-likeness (QED) is 0.713. The number of hydrogen-bond donors (Lipinski definition) is 2. The van der Waals surface area contributed by atoms with Crippen molar-refractivity contribution in [2.45, 2.75) is 36.5 Å². The molecule has 1 aliphatic carbocycles. The highest BCUT2D eigenvalue weighted by Gasteiger charge is 2.36. The smallest absolute Gasteiger partial charge is 0.0281 e. The Morgan fingerprint density at radius 2 is 2.38 bits per heavy atom. The van der Waals surface area contributed by atoms with Crippen LogP contribution in [0.15, 0.2) is 0 Å². The second kappa shape index (κ2) is 4.20. The highest BCUT2D eigenvalue weighted by atomic mass is 32.2. The summed E-state index contributed by atoms with van der Waals surface area (Å²) in [4.78, 5) is 0. The maximum atomic E-state index is 3.69. The van der Waals surface area contributed by atoms with Gasteiger partial charge < -0.3 is 10.6 Å². The molecule has 0 aromatic heterocycles. The fraction of sp³-hybridized carbons (Fsp3) is 1.00. The van der Waals surface area contributed by atoms with Crippen LogP contribution in [0.2, 0.25) is 0 Å². The number of rotatable bonds is 4. The Morgan fingerprint density at radius 3 is 2.85 bits per heavy atom. The molecular formula is C10H20N2S. The Bertz CT molecular complexity index is 157. The lowest BCUT2D eigenvalue weighted by molar-refractivity contribution is 0.333. The molecule has 1 unspecified atom stereocenters. The van der Waals surface area contributed by atoms with E-state index >= 15 is 0 Å². The van der Waals surface area contributed by atoms with Gasteiger partial charge in [0.1, 0.15) is 0 Å². The minimum atomic E-state index is 0.600. The second-order valence-corrected chi connectivity index (χ2v) is 5.59. The maximum Gasteiger partial charge on any atom is 0.0281 e.